The van der Waals surface area contributed by atoms with E-state index in [1.54, 1.807) is 5.57 Å². The third-order valence-electron chi connectivity index (χ3n) is 8.15. The molecule has 170 valence electrons. The second-order valence-corrected chi connectivity index (χ2v) is 9.92. The van der Waals surface area contributed by atoms with Gasteiger partial charge in [0.15, 0.2) is 0 Å². The number of rotatable bonds is 10. The SMILES string of the molecule is C=CC1CCC(C(C)C2CCC(/C(=C/C)C/C=C/COCc3ccccc3)CC2)CC1. The molecule has 1 aromatic rings. The van der Waals surface area contributed by atoms with Crippen molar-refractivity contribution in [2.75, 3.05) is 6.61 Å². The van der Waals surface area contributed by atoms with E-state index in [0.29, 0.717) is 13.2 Å². The monoisotopic (exact) mass is 420 g/mol. The molecule has 0 heterocycles. The van der Waals surface area contributed by atoms with Crippen molar-refractivity contribution in [2.45, 2.75) is 78.2 Å². The first kappa shape index (κ1) is 24.1. The van der Waals surface area contributed by atoms with Gasteiger partial charge in [0.05, 0.1) is 13.2 Å². The van der Waals surface area contributed by atoms with E-state index in [-0.39, 0.29) is 0 Å². The predicted octanol–water partition coefficient (Wildman–Crippen LogP) is 8.53. The Labute approximate surface area is 191 Å². The molecule has 2 fully saturated rings. The highest BCUT2D eigenvalue weighted by Crippen LogP contribution is 2.43. The maximum absolute atomic E-state index is 5.78. The zero-order chi connectivity index (χ0) is 21.9. The highest BCUT2D eigenvalue weighted by Gasteiger charge is 2.32. The van der Waals surface area contributed by atoms with E-state index in [1.807, 2.05) is 6.07 Å². The van der Waals surface area contributed by atoms with Crippen LogP contribution in [-0.4, -0.2) is 6.61 Å². The minimum absolute atomic E-state index is 0.694. The first-order valence-electron chi connectivity index (χ1n) is 12.8. The minimum Gasteiger partial charge on any atom is -0.373 e. The first-order valence-corrected chi connectivity index (χ1v) is 12.8. The van der Waals surface area contributed by atoms with Gasteiger partial charge in [-0.1, -0.05) is 67.1 Å². The van der Waals surface area contributed by atoms with Crippen LogP contribution in [0, 0.1) is 29.6 Å². The molecule has 2 saturated carbocycles. The normalized spacial score (nSPS) is 28.5. The summed E-state index contributed by atoms with van der Waals surface area (Å²) in [7, 11) is 0. The van der Waals surface area contributed by atoms with Gasteiger partial charge in [-0.2, -0.15) is 0 Å². The molecule has 1 aromatic carbocycles. The standard InChI is InChI=1S/C30H44O/c1-4-25-14-16-28(17-15-25)24(3)29-18-20-30(21-19-29)27(5-2)13-9-10-22-31-23-26-11-7-6-8-12-26/h4-12,24-25,28-30H,1,13-23H2,2-3H3/b10-9+,27-5+. The van der Waals surface area contributed by atoms with Crippen LogP contribution in [0.2, 0.25) is 0 Å². The number of allylic oxidation sites excluding steroid dienone is 4. The lowest BCUT2D eigenvalue weighted by Gasteiger charge is -2.39. The molecule has 0 aromatic heterocycles. The van der Waals surface area contributed by atoms with Crippen molar-refractivity contribution < 1.29 is 4.74 Å². The van der Waals surface area contributed by atoms with Gasteiger partial charge in [-0.05, 0) is 99.9 Å². The second-order valence-electron chi connectivity index (χ2n) is 9.92. The lowest BCUT2D eigenvalue weighted by Crippen LogP contribution is -2.28. The van der Waals surface area contributed by atoms with Crippen molar-refractivity contribution in [3.05, 3.63) is 72.4 Å². The Kier molecular flexibility index (Phi) is 10.1. The van der Waals surface area contributed by atoms with Gasteiger partial charge in [0.2, 0.25) is 0 Å². The Morgan fingerprint density at radius 1 is 0.968 bits per heavy atom. The summed E-state index contributed by atoms with van der Waals surface area (Å²) in [6, 6.07) is 10.4. The van der Waals surface area contributed by atoms with Crippen LogP contribution < -0.4 is 0 Å². The zero-order valence-electron chi connectivity index (χ0n) is 20.0. The average molecular weight is 421 g/mol. The summed E-state index contributed by atoms with van der Waals surface area (Å²) in [4.78, 5) is 0. The summed E-state index contributed by atoms with van der Waals surface area (Å²) in [5.74, 6) is 4.38. The van der Waals surface area contributed by atoms with E-state index in [9.17, 15) is 0 Å². The summed E-state index contributed by atoms with van der Waals surface area (Å²) in [5.41, 5.74) is 2.88. The minimum atomic E-state index is 0.694. The van der Waals surface area contributed by atoms with Crippen molar-refractivity contribution in [1.29, 1.82) is 0 Å². The number of ether oxygens (including phenoxy) is 1. The molecule has 1 atom stereocenters. The molecule has 0 bridgehead atoms. The molecular weight excluding hydrogens is 376 g/mol. The molecule has 31 heavy (non-hydrogen) atoms. The van der Waals surface area contributed by atoms with Gasteiger partial charge < -0.3 is 4.74 Å². The predicted molar refractivity (Wildman–Crippen MR) is 134 cm³/mol. The van der Waals surface area contributed by atoms with Gasteiger partial charge in [-0.25, -0.2) is 0 Å². The van der Waals surface area contributed by atoms with Crippen LogP contribution in [0.5, 0.6) is 0 Å². The van der Waals surface area contributed by atoms with Gasteiger partial charge >= 0.3 is 0 Å². The van der Waals surface area contributed by atoms with Crippen LogP contribution in [0.1, 0.15) is 77.2 Å². The molecule has 1 heteroatoms. The van der Waals surface area contributed by atoms with Crippen LogP contribution >= 0.6 is 0 Å². The van der Waals surface area contributed by atoms with Gasteiger partial charge in [0, 0.05) is 0 Å². The molecule has 1 nitrogen and oxygen atoms in total. The molecule has 2 aliphatic carbocycles. The fourth-order valence-electron chi connectivity index (χ4n) is 5.93. The van der Waals surface area contributed by atoms with Crippen molar-refractivity contribution in [2.24, 2.45) is 29.6 Å². The summed E-state index contributed by atoms with van der Waals surface area (Å²) < 4.78 is 5.78. The van der Waals surface area contributed by atoms with Gasteiger partial charge in [0.1, 0.15) is 0 Å². The molecule has 0 spiro atoms. The summed E-state index contributed by atoms with van der Waals surface area (Å²) >= 11 is 0. The van der Waals surface area contributed by atoms with Crippen LogP contribution in [0.4, 0.5) is 0 Å². The lowest BCUT2D eigenvalue weighted by molar-refractivity contribution is 0.137. The number of hydrogen-bond donors (Lipinski definition) is 0. The Morgan fingerprint density at radius 3 is 2.23 bits per heavy atom. The maximum atomic E-state index is 5.78. The van der Waals surface area contributed by atoms with Crippen LogP contribution in [0.3, 0.4) is 0 Å². The van der Waals surface area contributed by atoms with Crippen molar-refractivity contribution in [3.63, 3.8) is 0 Å². The second kappa shape index (κ2) is 13.1. The Hall–Kier alpha value is -1.60. The number of benzene rings is 1. The summed E-state index contributed by atoms with van der Waals surface area (Å²) in [5, 5.41) is 0. The van der Waals surface area contributed by atoms with Gasteiger partial charge in [-0.15, -0.1) is 6.58 Å². The molecule has 0 saturated heterocycles. The molecule has 0 amide bonds. The fraction of sp³-hybridized carbons (Fsp3) is 0.600. The molecule has 3 rings (SSSR count). The van der Waals surface area contributed by atoms with Crippen molar-refractivity contribution in [3.8, 4) is 0 Å². The van der Waals surface area contributed by atoms with Gasteiger partial charge in [-0.3, -0.25) is 0 Å². The van der Waals surface area contributed by atoms with Crippen molar-refractivity contribution >= 4 is 0 Å². The van der Waals surface area contributed by atoms with Crippen molar-refractivity contribution in [1.82, 2.24) is 0 Å². The fourth-order valence-corrected chi connectivity index (χ4v) is 5.93. The maximum Gasteiger partial charge on any atom is 0.0721 e. The third kappa shape index (κ3) is 7.49. The van der Waals surface area contributed by atoms with E-state index >= 15 is 0 Å². The van der Waals surface area contributed by atoms with E-state index in [4.69, 9.17) is 4.74 Å². The largest absolute Gasteiger partial charge is 0.373 e. The van der Waals surface area contributed by atoms with Crippen LogP contribution in [0.15, 0.2) is 66.8 Å². The van der Waals surface area contributed by atoms with Crippen LogP contribution in [-0.2, 0) is 11.3 Å². The lowest BCUT2D eigenvalue weighted by atomic mass is 9.66. The van der Waals surface area contributed by atoms with E-state index in [0.717, 1.165) is 36.0 Å². The zero-order valence-corrected chi connectivity index (χ0v) is 20.0. The Morgan fingerprint density at radius 2 is 1.61 bits per heavy atom. The summed E-state index contributed by atoms with van der Waals surface area (Å²) in [6.45, 7) is 10.2. The van der Waals surface area contributed by atoms with E-state index in [2.05, 4.69) is 69.0 Å². The smallest absolute Gasteiger partial charge is 0.0721 e. The van der Waals surface area contributed by atoms with Gasteiger partial charge in [0.25, 0.3) is 0 Å². The molecule has 0 N–H and O–H groups in total. The van der Waals surface area contributed by atoms with E-state index in [1.165, 1.54) is 56.9 Å². The molecule has 2 aliphatic rings. The van der Waals surface area contributed by atoms with E-state index < -0.39 is 0 Å². The Balaban J connectivity index is 1.35. The molecule has 1 unspecified atom stereocenters. The molecular formula is C30H44O. The first-order chi connectivity index (χ1) is 15.2. The topological polar surface area (TPSA) is 9.23 Å². The molecule has 0 aliphatic heterocycles. The third-order valence-corrected chi connectivity index (χ3v) is 8.15. The highest BCUT2D eigenvalue weighted by molar-refractivity contribution is 5.14. The highest BCUT2D eigenvalue weighted by atomic mass is 16.5. The summed E-state index contributed by atoms with van der Waals surface area (Å²) in [6.07, 6.45) is 21.4. The number of hydrogen-bond acceptors (Lipinski definition) is 1. The quantitative estimate of drug-likeness (QED) is 0.272. The molecule has 0 radical (unpaired) electrons. The Bertz CT molecular complexity index is 684. The average Bonchev–Trinajstić information content (AvgIpc) is 2.84. The van der Waals surface area contributed by atoms with Crippen LogP contribution in [0.25, 0.3) is 0 Å².